The summed E-state index contributed by atoms with van der Waals surface area (Å²) in [7, 11) is 0. The monoisotopic (exact) mass is 317 g/mol. The number of halogens is 1. The molecule has 1 heterocycles. The molecular formula is C16H12ClNO2S. The lowest BCUT2D eigenvalue weighted by molar-refractivity contribution is 0.0237. The third kappa shape index (κ3) is 3.08. The van der Waals surface area contributed by atoms with Crippen LogP contribution in [0.4, 0.5) is 0 Å². The Kier molecular flexibility index (Phi) is 4.20. The van der Waals surface area contributed by atoms with Gasteiger partial charge in [-0.2, -0.15) is 0 Å². The predicted molar refractivity (Wildman–Crippen MR) is 85.5 cm³/mol. The molecule has 0 aliphatic heterocycles. The topological polar surface area (TPSA) is 38.3 Å². The van der Waals surface area contributed by atoms with Gasteiger partial charge in [-0.05, 0) is 11.6 Å². The van der Waals surface area contributed by atoms with Gasteiger partial charge in [0.25, 0.3) is 5.91 Å². The fourth-order valence-electron chi connectivity index (χ4n) is 1.97. The first-order valence-corrected chi connectivity index (χ1v) is 7.58. The van der Waals surface area contributed by atoms with Crippen molar-refractivity contribution in [3.63, 3.8) is 0 Å². The molecular weight excluding hydrogens is 306 g/mol. The third-order valence-electron chi connectivity index (χ3n) is 2.99. The summed E-state index contributed by atoms with van der Waals surface area (Å²) in [6.07, 6.45) is 0. The van der Waals surface area contributed by atoms with Crippen LogP contribution in [-0.2, 0) is 11.4 Å². The summed E-state index contributed by atoms with van der Waals surface area (Å²) in [5.74, 6) is -0.322. The molecule has 0 bridgehead atoms. The van der Waals surface area contributed by atoms with E-state index in [-0.39, 0.29) is 5.91 Å². The molecule has 0 aliphatic rings. The highest BCUT2D eigenvalue weighted by Gasteiger charge is 2.16. The average molecular weight is 318 g/mol. The van der Waals surface area contributed by atoms with Crippen LogP contribution < -0.4 is 5.48 Å². The zero-order valence-corrected chi connectivity index (χ0v) is 12.6. The summed E-state index contributed by atoms with van der Waals surface area (Å²) in [6, 6.07) is 17.3. The molecule has 0 saturated heterocycles. The Morgan fingerprint density at radius 2 is 1.81 bits per heavy atom. The van der Waals surface area contributed by atoms with Crippen molar-refractivity contribution in [2.75, 3.05) is 0 Å². The predicted octanol–water partition coefficient (Wildman–Crippen LogP) is 4.42. The number of nitrogens with one attached hydrogen (secondary N) is 1. The van der Waals surface area contributed by atoms with Crippen LogP contribution in [0.1, 0.15) is 15.2 Å². The molecule has 106 valence electrons. The number of rotatable bonds is 4. The van der Waals surface area contributed by atoms with E-state index in [4.69, 9.17) is 16.4 Å². The lowest BCUT2D eigenvalue weighted by Crippen LogP contribution is -2.22. The Morgan fingerprint density at radius 3 is 2.57 bits per heavy atom. The maximum atomic E-state index is 12.1. The molecule has 1 N–H and O–H groups in total. The lowest BCUT2D eigenvalue weighted by atomic mass is 10.2. The largest absolute Gasteiger partial charge is 0.286 e. The zero-order chi connectivity index (χ0) is 14.7. The van der Waals surface area contributed by atoms with E-state index < -0.39 is 0 Å². The van der Waals surface area contributed by atoms with Crippen LogP contribution in [0.5, 0.6) is 0 Å². The van der Waals surface area contributed by atoms with Crippen LogP contribution in [-0.4, -0.2) is 5.91 Å². The summed E-state index contributed by atoms with van der Waals surface area (Å²) < 4.78 is 0.982. The Morgan fingerprint density at radius 1 is 1.10 bits per heavy atom. The van der Waals surface area contributed by atoms with Gasteiger partial charge in [0.15, 0.2) is 0 Å². The second kappa shape index (κ2) is 6.26. The maximum absolute atomic E-state index is 12.1. The van der Waals surface area contributed by atoms with Gasteiger partial charge in [0, 0.05) is 10.1 Å². The maximum Gasteiger partial charge on any atom is 0.286 e. The van der Waals surface area contributed by atoms with E-state index in [1.807, 2.05) is 54.6 Å². The molecule has 0 unspecified atom stereocenters. The van der Waals surface area contributed by atoms with E-state index in [1.165, 1.54) is 11.3 Å². The second-order valence-corrected chi connectivity index (χ2v) is 5.88. The quantitative estimate of drug-likeness (QED) is 0.723. The van der Waals surface area contributed by atoms with Crippen molar-refractivity contribution in [2.24, 2.45) is 0 Å². The first-order valence-electron chi connectivity index (χ1n) is 6.39. The van der Waals surface area contributed by atoms with Gasteiger partial charge < -0.3 is 0 Å². The van der Waals surface area contributed by atoms with Crippen LogP contribution in [0, 0.1) is 0 Å². The van der Waals surface area contributed by atoms with E-state index >= 15 is 0 Å². The molecule has 0 aliphatic carbocycles. The minimum absolute atomic E-state index is 0.315. The number of carbonyl (C=O) groups excluding carboxylic acids is 1. The van der Waals surface area contributed by atoms with Crippen molar-refractivity contribution in [1.29, 1.82) is 0 Å². The van der Waals surface area contributed by atoms with E-state index in [2.05, 4.69) is 5.48 Å². The molecule has 0 saturated carbocycles. The Bertz CT molecular complexity index is 770. The standard InChI is InChI=1S/C16H12ClNO2S/c17-14-12-8-4-5-9-13(12)21-15(14)16(19)18-20-10-11-6-2-1-3-7-11/h1-9H,10H2,(H,18,19). The summed E-state index contributed by atoms with van der Waals surface area (Å²) in [6.45, 7) is 0.315. The van der Waals surface area contributed by atoms with Gasteiger partial charge in [-0.15, -0.1) is 11.3 Å². The van der Waals surface area contributed by atoms with Crippen molar-refractivity contribution in [3.8, 4) is 0 Å². The zero-order valence-electron chi connectivity index (χ0n) is 11.0. The molecule has 0 fully saturated rings. The number of amides is 1. The number of hydrogen-bond donors (Lipinski definition) is 1. The summed E-state index contributed by atoms with van der Waals surface area (Å²) in [5, 5.41) is 1.36. The summed E-state index contributed by atoms with van der Waals surface area (Å²) in [4.78, 5) is 17.8. The van der Waals surface area contributed by atoms with Crippen molar-refractivity contribution >= 4 is 38.9 Å². The van der Waals surface area contributed by atoms with E-state index in [0.29, 0.717) is 16.5 Å². The first-order chi connectivity index (χ1) is 10.3. The van der Waals surface area contributed by atoms with E-state index in [1.54, 1.807) is 0 Å². The summed E-state index contributed by atoms with van der Waals surface area (Å²) >= 11 is 7.60. The Hall–Kier alpha value is -1.88. The van der Waals surface area contributed by atoms with Crippen molar-refractivity contribution < 1.29 is 9.63 Å². The fourth-order valence-corrected chi connectivity index (χ4v) is 3.37. The van der Waals surface area contributed by atoms with E-state index in [0.717, 1.165) is 15.6 Å². The van der Waals surface area contributed by atoms with E-state index in [9.17, 15) is 4.79 Å². The third-order valence-corrected chi connectivity index (χ3v) is 4.66. The van der Waals surface area contributed by atoms with Crippen LogP contribution in [0.15, 0.2) is 54.6 Å². The molecule has 0 atom stereocenters. The summed E-state index contributed by atoms with van der Waals surface area (Å²) in [5.41, 5.74) is 3.42. The van der Waals surface area contributed by atoms with Crippen LogP contribution in [0.2, 0.25) is 5.02 Å². The normalized spacial score (nSPS) is 10.7. The highest BCUT2D eigenvalue weighted by atomic mass is 35.5. The van der Waals surface area contributed by atoms with Crippen LogP contribution in [0.25, 0.3) is 10.1 Å². The van der Waals surface area contributed by atoms with Crippen molar-refractivity contribution in [1.82, 2.24) is 5.48 Å². The van der Waals surface area contributed by atoms with Gasteiger partial charge in [0.2, 0.25) is 0 Å². The fraction of sp³-hybridized carbons (Fsp3) is 0.0625. The molecule has 3 aromatic rings. The molecule has 3 rings (SSSR count). The Balaban J connectivity index is 1.68. The molecule has 0 radical (unpaired) electrons. The highest BCUT2D eigenvalue weighted by Crippen LogP contribution is 2.34. The van der Waals surface area contributed by atoms with Gasteiger partial charge in [0.05, 0.1) is 11.6 Å². The number of hydroxylamine groups is 1. The van der Waals surface area contributed by atoms with Crippen molar-refractivity contribution in [2.45, 2.75) is 6.61 Å². The molecule has 5 heteroatoms. The first kappa shape index (κ1) is 14.1. The lowest BCUT2D eigenvalue weighted by Gasteiger charge is -2.04. The van der Waals surface area contributed by atoms with Gasteiger partial charge in [-0.3, -0.25) is 9.63 Å². The molecule has 1 aromatic heterocycles. The SMILES string of the molecule is O=C(NOCc1ccccc1)c1sc2ccccc2c1Cl. The minimum atomic E-state index is -0.322. The minimum Gasteiger partial charge on any atom is -0.269 e. The molecule has 0 spiro atoms. The van der Waals surface area contributed by atoms with Gasteiger partial charge in [-0.1, -0.05) is 60.1 Å². The highest BCUT2D eigenvalue weighted by molar-refractivity contribution is 7.21. The number of thiophene rings is 1. The number of fused-ring (bicyclic) bond motifs is 1. The van der Waals surface area contributed by atoms with Crippen LogP contribution >= 0.6 is 22.9 Å². The molecule has 2 aromatic carbocycles. The number of benzene rings is 2. The second-order valence-electron chi connectivity index (χ2n) is 4.45. The van der Waals surface area contributed by atoms with Gasteiger partial charge >= 0.3 is 0 Å². The molecule has 1 amide bonds. The van der Waals surface area contributed by atoms with Crippen molar-refractivity contribution in [3.05, 3.63) is 70.1 Å². The molecule has 21 heavy (non-hydrogen) atoms. The van der Waals surface area contributed by atoms with Crippen LogP contribution in [0.3, 0.4) is 0 Å². The van der Waals surface area contributed by atoms with Gasteiger partial charge in [0.1, 0.15) is 4.88 Å². The molecule has 3 nitrogen and oxygen atoms in total. The average Bonchev–Trinajstić information content (AvgIpc) is 2.86. The number of carbonyl (C=O) groups is 1. The number of hydrogen-bond acceptors (Lipinski definition) is 3. The van der Waals surface area contributed by atoms with Gasteiger partial charge in [-0.25, -0.2) is 5.48 Å². The Labute approximate surface area is 131 Å². The smallest absolute Gasteiger partial charge is 0.269 e.